The molecule has 0 spiro atoms. The molecule has 4 heterocycles. The summed E-state index contributed by atoms with van der Waals surface area (Å²) < 4.78 is 21.1. The quantitative estimate of drug-likeness (QED) is 0.128. The average molecular weight is 1420 g/mol. The van der Waals surface area contributed by atoms with Crippen LogP contribution in [0.2, 0.25) is 0 Å². The van der Waals surface area contributed by atoms with E-state index in [9.17, 15) is 0 Å². The number of ether oxygens (including phenoxy) is 1. The van der Waals surface area contributed by atoms with Gasteiger partial charge in [-0.25, -0.2) is 4.98 Å². The van der Waals surface area contributed by atoms with Crippen molar-refractivity contribution >= 4 is 76.1 Å². The molecule has 0 N–H and O–H groups in total. The topological polar surface area (TPSA) is 33.5 Å². The van der Waals surface area contributed by atoms with Crippen LogP contribution in [0.15, 0.2) is 176 Å². The zero-order valence-corrected chi connectivity index (χ0v) is 60.9. The summed E-state index contributed by atoms with van der Waals surface area (Å²) in [6, 6.07) is 70.8. The van der Waals surface area contributed by atoms with Crippen LogP contribution in [0.4, 0.5) is 22.7 Å². The van der Waals surface area contributed by atoms with Crippen molar-refractivity contribution in [2.45, 2.75) is 170 Å². The number of para-hydroxylation sites is 3. The Hall–Kier alpha value is -7.76. The van der Waals surface area contributed by atoms with Crippen LogP contribution in [0, 0.1) is 18.8 Å². The van der Waals surface area contributed by atoms with Crippen LogP contribution < -0.4 is 14.5 Å². The molecule has 0 unspecified atom stereocenters. The molecule has 0 fully saturated rings. The second-order valence-corrected chi connectivity index (χ2v) is 32.5. The number of pyridine rings is 1. The van der Waals surface area contributed by atoms with Crippen LogP contribution in [0.3, 0.4) is 0 Å². The van der Waals surface area contributed by atoms with Gasteiger partial charge in [0, 0.05) is 92.6 Å². The number of thiophene rings is 1. The van der Waals surface area contributed by atoms with Gasteiger partial charge in [0.1, 0.15) is 5.82 Å². The van der Waals surface area contributed by atoms with E-state index in [0.717, 1.165) is 66.8 Å². The normalized spacial score (nSPS) is 13.5. The Morgan fingerprint density at radius 1 is 0.484 bits per heavy atom. The van der Waals surface area contributed by atoms with Crippen molar-refractivity contribution in [2.75, 3.05) is 9.80 Å². The molecule has 9 aromatic carbocycles. The summed E-state index contributed by atoms with van der Waals surface area (Å²) in [5, 5.41) is 4.63. The van der Waals surface area contributed by atoms with E-state index >= 15 is 0 Å². The van der Waals surface area contributed by atoms with E-state index in [1.807, 2.05) is 17.4 Å². The van der Waals surface area contributed by atoms with Gasteiger partial charge in [-0.15, -0.1) is 65.0 Å². The van der Waals surface area contributed by atoms with E-state index in [-0.39, 0.29) is 66.1 Å². The summed E-state index contributed by atoms with van der Waals surface area (Å²) in [6.45, 7) is 46.0. The van der Waals surface area contributed by atoms with E-state index in [1.165, 1.54) is 70.2 Å². The molecule has 93 heavy (non-hydrogen) atoms. The molecule has 0 radical (unpaired) electrons. The third-order valence-corrected chi connectivity index (χ3v) is 20.0. The van der Waals surface area contributed by atoms with Crippen LogP contribution in [-0.4, -0.2) is 9.55 Å². The monoisotopic (exact) mass is 1420 g/mol. The molecule has 13 rings (SSSR count). The molecule has 0 saturated carbocycles. The van der Waals surface area contributed by atoms with Crippen molar-refractivity contribution in [1.82, 2.24) is 9.55 Å². The van der Waals surface area contributed by atoms with Gasteiger partial charge in [-0.3, -0.25) is 0 Å². The second kappa shape index (κ2) is 23.9. The summed E-state index contributed by atoms with van der Waals surface area (Å²) >= 11 is 1.82. The number of hydrogen-bond acceptors (Lipinski definition) is 5. The number of benzene rings is 9. The predicted octanol–water partition coefficient (Wildman–Crippen LogP) is 25.1. The zero-order chi connectivity index (χ0) is 66.2. The SMILES string of the molecule is [2H]c1cc(C(C)(C)C)cc(-n2c3[c-]c(Oc4[c-]c(N5[CH-]N(c6c(-c7cc(C(C)(C)C)cc(C(C)(C)C)c7)cccc6-c6cc(C(C)(C)C)cc(C(C)(C)C)c6)c6ccccc65)cc(-c5c(C(C)C)cccc5C(C)C)c4)ccc3c3c4sc5ccccc5c4ccc32)n1.[Pt]. The largest absolute Gasteiger partial charge is 0.509 e. The molecular weight excluding hydrogens is 1330 g/mol. The zero-order valence-electron chi connectivity index (χ0n) is 58.8. The van der Waals surface area contributed by atoms with E-state index < -0.39 is 0 Å². The van der Waals surface area contributed by atoms with Crippen molar-refractivity contribution < 1.29 is 27.2 Å². The summed E-state index contributed by atoms with van der Waals surface area (Å²) in [6.07, 6.45) is 0.219. The van der Waals surface area contributed by atoms with Gasteiger partial charge in [-0.2, -0.15) is 6.07 Å². The van der Waals surface area contributed by atoms with Gasteiger partial charge >= 0.3 is 0 Å². The van der Waals surface area contributed by atoms with E-state index in [4.69, 9.17) is 11.1 Å². The number of fused-ring (bicyclic) bond motifs is 8. The van der Waals surface area contributed by atoms with Gasteiger partial charge in [-0.05, 0) is 136 Å². The Labute approximate surface area is 573 Å². The Bertz CT molecular complexity index is 4750. The summed E-state index contributed by atoms with van der Waals surface area (Å²) in [5.41, 5.74) is 21.0. The number of nitrogens with zero attached hydrogens (tertiary/aromatic N) is 4. The summed E-state index contributed by atoms with van der Waals surface area (Å²) in [4.78, 5) is 9.74. The molecule has 1 aliphatic rings. The van der Waals surface area contributed by atoms with Crippen LogP contribution in [-0.2, 0) is 48.1 Å². The van der Waals surface area contributed by atoms with E-state index in [0.29, 0.717) is 17.3 Å². The minimum Gasteiger partial charge on any atom is -0.509 e. The fraction of sp³-hybridized carbons (Fsp3) is 0.302. The first kappa shape index (κ1) is 64.0. The molecule has 0 bridgehead atoms. The van der Waals surface area contributed by atoms with E-state index in [2.05, 4.69) is 329 Å². The van der Waals surface area contributed by atoms with Gasteiger partial charge < -0.3 is 19.1 Å². The third-order valence-electron chi connectivity index (χ3n) is 18.8. The predicted molar refractivity (Wildman–Crippen MR) is 395 cm³/mol. The fourth-order valence-corrected chi connectivity index (χ4v) is 14.6. The first-order valence-electron chi connectivity index (χ1n) is 33.5. The molecule has 0 saturated heterocycles. The van der Waals surface area contributed by atoms with Crippen molar-refractivity contribution in [3.8, 4) is 50.7 Å². The first-order chi connectivity index (χ1) is 43.8. The van der Waals surface area contributed by atoms with Crippen molar-refractivity contribution in [3.05, 3.63) is 234 Å². The molecule has 0 atom stereocenters. The number of aromatic nitrogens is 2. The molecule has 12 aromatic rings. The van der Waals surface area contributed by atoms with Crippen molar-refractivity contribution in [2.24, 2.45) is 0 Å². The van der Waals surface area contributed by atoms with Crippen LogP contribution >= 0.6 is 11.3 Å². The van der Waals surface area contributed by atoms with Crippen molar-refractivity contribution in [3.63, 3.8) is 0 Å². The summed E-state index contributed by atoms with van der Waals surface area (Å²) in [5.74, 6) is 2.27. The first-order valence-corrected chi connectivity index (χ1v) is 33.8. The van der Waals surface area contributed by atoms with Gasteiger partial charge in [0.25, 0.3) is 0 Å². The maximum Gasteiger partial charge on any atom is 0.135 e. The van der Waals surface area contributed by atoms with Crippen LogP contribution in [0.1, 0.15) is 184 Å². The summed E-state index contributed by atoms with van der Waals surface area (Å²) in [7, 11) is 0. The maximum atomic E-state index is 9.08. The molecule has 1 aliphatic heterocycles. The van der Waals surface area contributed by atoms with Gasteiger partial charge in [0.05, 0.1) is 1.37 Å². The number of hydrogen-bond donors (Lipinski definition) is 0. The second-order valence-electron chi connectivity index (χ2n) is 31.4. The minimum atomic E-state index is -0.219. The Kier molecular flexibility index (Phi) is 16.4. The van der Waals surface area contributed by atoms with E-state index in [1.54, 1.807) is 0 Å². The van der Waals surface area contributed by atoms with Gasteiger partial charge in [0.2, 0.25) is 0 Å². The minimum absolute atomic E-state index is 0. The van der Waals surface area contributed by atoms with Gasteiger partial charge in [0.15, 0.2) is 0 Å². The molecule has 3 aromatic heterocycles. The Morgan fingerprint density at radius 2 is 1.01 bits per heavy atom. The molecule has 0 amide bonds. The molecule has 5 nitrogen and oxygen atoms in total. The standard InChI is InChI=1S/C86H89N4OS.Pt/c1-52(2)65-27-24-28-66(53(3)4)78(65)56-44-62(49-64(45-56)91-63-34-35-71-75(50-63)90(77-48-57(38-39-87-77)82(5,6)7)74-37-36-70-69-26-20-23-33-76(69)92-81(70)79(71)74)88-51-89(73-32-22-21-31-72(73)88)80-67(54-40-58(83(8,9)10)46-59(41-54)84(11,12)13)29-25-30-68(80)55-42-60(85(14,15)16)47-61(43-55)86(17,18)19;/h20-48,51-53H,1-19H3;/q-3;/i39D;. The van der Waals surface area contributed by atoms with Crippen LogP contribution in [0.5, 0.6) is 11.5 Å². The Balaban J connectivity index is 0.00000848. The van der Waals surface area contributed by atoms with Gasteiger partial charge in [-0.1, -0.05) is 246 Å². The molecular formula is C86H89N4OPtS-3. The number of anilines is 4. The molecule has 0 aliphatic carbocycles. The maximum absolute atomic E-state index is 9.08. The fourth-order valence-electron chi connectivity index (χ4n) is 13.3. The third kappa shape index (κ3) is 12.2. The molecule has 478 valence electrons. The number of rotatable bonds is 10. The smallest absolute Gasteiger partial charge is 0.135 e. The van der Waals surface area contributed by atoms with Crippen LogP contribution in [0.25, 0.3) is 81.2 Å². The molecule has 7 heteroatoms. The Morgan fingerprint density at radius 3 is 1.57 bits per heavy atom. The van der Waals surface area contributed by atoms with Crippen molar-refractivity contribution in [1.29, 1.82) is 0 Å². The average Bonchev–Trinajstić information content (AvgIpc) is 1.54.